The second-order valence-corrected chi connectivity index (χ2v) is 7.81. The van der Waals surface area contributed by atoms with E-state index in [1.807, 2.05) is 0 Å². The lowest BCUT2D eigenvalue weighted by Gasteiger charge is -2.07. The summed E-state index contributed by atoms with van der Waals surface area (Å²) in [5.74, 6) is 0. The Kier molecular flexibility index (Phi) is 6.12. The van der Waals surface area contributed by atoms with Crippen LogP contribution in [0.15, 0.2) is 34.1 Å². The maximum atomic E-state index is 12.0. The fraction of sp³-hybridized carbons (Fsp3) is 0.500. The van der Waals surface area contributed by atoms with E-state index in [0.29, 0.717) is 6.54 Å². The van der Waals surface area contributed by atoms with Gasteiger partial charge in [0.2, 0.25) is 20.0 Å². The Labute approximate surface area is 120 Å². The maximum Gasteiger partial charge on any atom is 0.240 e. The first kappa shape index (κ1) is 17.1. The van der Waals surface area contributed by atoms with Crippen LogP contribution in [-0.2, 0) is 20.0 Å². The molecule has 1 rings (SSSR count). The largest absolute Gasteiger partial charge is 0.240 e. The molecule has 1 aromatic carbocycles. The summed E-state index contributed by atoms with van der Waals surface area (Å²) >= 11 is 0. The quantitative estimate of drug-likeness (QED) is 0.702. The molecule has 0 aliphatic rings. The summed E-state index contributed by atoms with van der Waals surface area (Å²) in [4.78, 5) is -0.314. The average Bonchev–Trinajstić information content (AvgIpc) is 2.37. The topological polar surface area (TPSA) is 106 Å². The van der Waals surface area contributed by atoms with Gasteiger partial charge >= 0.3 is 0 Å². The highest BCUT2D eigenvalue weighted by Gasteiger charge is 2.16. The van der Waals surface area contributed by atoms with Crippen molar-refractivity contribution in [1.29, 1.82) is 0 Å². The van der Waals surface area contributed by atoms with E-state index in [2.05, 4.69) is 11.6 Å². The molecular weight excluding hydrogens is 300 g/mol. The summed E-state index contributed by atoms with van der Waals surface area (Å²) in [6.07, 6.45) is 3.84. The molecule has 0 unspecified atom stereocenters. The van der Waals surface area contributed by atoms with Gasteiger partial charge in [-0.2, -0.15) is 0 Å². The lowest BCUT2D eigenvalue weighted by molar-refractivity contribution is 0.573. The molecule has 8 heteroatoms. The number of sulfonamides is 2. The van der Waals surface area contributed by atoms with Crippen LogP contribution in [0, 0.1) is 0 Å². The van der Waals surface area contributed by atoms with Gasteiger partial charge in [-0.1, -0.05) is 32.3 Å². The van der Waals surface area contributed by atoms with Gasteiger partial charge in [-0.15, -0.1) is 0 Å². The van der Waals surface area contributed by atoms with Crippen LogP contribution in [0.4, 0.5) is 0 Å². The molecule has 1 aromatic rings. The minimum atomic E-state index is -3.91. The monoisotopic (exact) mass is 320 g/mol. The van der Waals surface area contributed by atoms with E-state index in [-0.39, 0.29) is 9.79 Å². The summed E-state index contributed by atoms with van der Waals surface area (Å²) in [5.41, 5.74) is 0. The number of benzene rings is 1. The van der Waals surface area contributed by atoms with Crippen molar-refractivity contribution >= 4 is 20.0 Å². The molecular formula is C12H20N2O4S2. The third kappa shape index (κ3) is 5.20. The summed E-state index contributed by atoms with van der Waals surface area (Å²) in [6, 6.07) is 5.01. The fourth-order valence-electron chi connectivity index (χ4n) is 1.66. The highest BCUT2D eigenvalue weighted by atomic mass is 32.2. The van der Waals surface area contributed by atoms with E-state index < -0.39 is 20.0 Å². The predicted molar refractivity (Wildman–Crippen MR) is 77.1 cm³/mol. The van der Waals surface area contributed by atoms with Crippen LogP contribution in [0.1, 0.15) is 32.6 Å². The van der Waals surface area contributed by atoms with Crippen molar-refractivity contribution < 1.29 is 16.8 Å². The second kappa shape index (κ2) is 7.16. The molecule has 0 heterocycles. The highest BCUT2D eigenvalue weighted by molar-refractivity contribution is 7.90. The number of hydrogen-bond acceptors (Lipinski definition) is 4. The number of unbranched alkanes of at least 4 members (excludes halogenated alkanes) is 3. The fourth-order valence-corrected chi connectivity index (χ4v) is 3.41. The molecule has 0 fully saturated rings. The van der Waals surface area contributed by atoms with E-state index >= 15 is 0 Å². The molecule has 3 N–H and O–H groups in total. The molecule has 6 nitrogen and oxygen atoms in total. The van der Waals surface area contributed by atoms with Crippen LogP contribution in [0.3, 0.4) is 0 Å². The van der Waals surface area contributed by atoms with Gasteiger partial charge in [-0.05, 0) is 24.6 Å². The third-order valence-electron chi connectivity index (χ3n) is 2.77. The van der Waals surface area contributed by atoms with Gasteiger partial charge in [0.25, 0.3) is 0 Å². The third-order valence-corrected chi connectivity index (χ3v) is 5.14. The number of nitrogens with two attached hydrogens (primary N) is 1. The molecule has 0 atom stereocenters. The minimum absolute atomic E-state index is 0.0977. The first-order chi connectivity index (χ1) is 9.27. The van der Waals surface area contributed by atoms with Crippen molar-refractivity contribution in [3.05, 3.63) is 24.3 Å². The molecule has 0 aliphatic heterocycles. The van der Waals surface area contributed by atoms with Crippen molar-refractivity contribution in [2.45, 2.75) is 42.4 Å². The zero-order valence-corrected chi connectivity index (χ0v) is 13.0. The molecule has 0 saturated heterocycles. The summed E-state index contributed by atoms with van der Waals surface area (Å²) < 4.78 is 48.9. The van der Waals surface area contributed by atoms with Crippen LogP contribution >= 0.6 is 0 Å². The van der Waals surface area contributed by atoms with E-state index in [0.717, 1.165) is 31.7 Å². The van der Waals surface area contributed by atoms with Gasteiger partial charge in [0.05, 0.1) is 9.79 Å². The number of primary sulfonamides is 1. The van der Waals surface area contributed by atoms with E-state index in [4.69, 9.17) is 5.14 Å². The van der Waals surface area contributed by atoms with Crippen molar-refractivity contribution in [2.24, 2.45) is 5.14 Å². The first-order valence-corrected chi connectivity index (χ1v) is 9.43. The maximum absolute atomic E-state index is 12.0. The Hall–Kier alpha value is -0.960. The van der Waals surface area contributed by atoms with E-state index in [1.54, 1.807) is 0 Å². The lowest BCUT2D eigenvalue weighted by Crippen LogP contribution is -2.25. The number of nitrogens with one attached hydrogen (secondary N) is 1. The molecule has 0 aromatic heterocycles. The van der Waals surface area contributed by atoms with Crippen LogP contribution in [0.2, 0.25) is 0 Å². The number of hydrogen-bond donors (Lipinski definition) is 2. The second-order valence-electron chi connectivity index (χ2n) is 4.48. The van der Waals surface area contributed by atoms with Gasteiger partial charge in [0, 0.05) is 6.54 Å². The van der Waals surface area contributed by atoms with Crippen molar-refractivity contribution in [3.8, 4) is 0 Å². The summed E-state index contributed by atoms with van der Waals surface area (Å²) in [5, 5.41) is 4.98. The van der Waals surface area contributed by atoms with Gasteiger partial charge in [-0.25, -0.2) is 26.7 Å². The Morgan fingerprint density at radius 1 is 1.05 bits per heavy atom. The predicted octanol–water partition coefficient (Wildman–Crippen LogP) is 1.19. The van der Waals surface area contributed by atoms with Crippen molar-refractivity contribution in [3.63, 3.8) is 0 Å². The van der Waals surface area contributed by atoms with Crippen LogP contribution < -0.4 is 9.86 Å². The molecule has 0 radical (unpaired) electrons. The van der Waals surface area contributed by atoms with Gasteiger partial charge in [-0.3, -0.25) is 0 Å². The van der Waals surface area contributed by atoms with E-state index in [9.17, 15) is 16.8 Å². The standard InChI is InChI=1S/C12H20N2O4S2/c1-2-3-4-5-9-14-20(17,18)12-8-6-7-11(10-12)19(13,15)16/h6-8,10,14H,2-5,9H2,1H3,(H2,13,15,16). The van der Waals surface area contributed by atoms with E-state index in [1.165, 1.54) is 18.2 Å². The van der Waals surface area contributed by atoms with Crippen LogP contribution in [0.25, 0.3) is 0 Å². The molecule has 0 spiro atoms. The summed E-state index contributed by atoms with van der Waals surface area (Å²) in [7, 11) is -7.61. The van der Waals surface area contributed by atoms with Crippen molar-refractivity contribution in [1.82, 2.24) is 4.72 Å². The number of rotatable bonds is 8. The molecule has 0 saturated carbocycles. The zero-order valence-electron chi connectivity index (χ0n) is 11.4. The minimum Gasteiger partial charge on any atom is -0.225 e. The molecule has 0 aliphatic carbocycles. The molecule has 0 amide bonds. The van der Waals surface area contributed by atoms with Crippen LogP contribution in [-0.4, -0.2) is 23.4 Å². The molecule has 20 heavy (non-hydrogen) atoms. The SMILES string of the molecule is CCCCCCNS(=O)(=O)c1cccc(S(N)(=O)=O)c1. The zero-order chi connectivity index (χ0) is 15.2. The molecule has 114 valence electrons. The first-order valence-electron chi connectivity index (χ1n) is 6.40. The Morgan fingerprint density at radius 2 is 1.70 bits per heavy atom. The van der Waals surface area contributed by atoms with Gasteiger partial charge in [0.15, 0.2) is 0 Å². The van der Waals surface area contributed by atoms with Gasteiger partial charge in [0.1, 0.15) is 0 Å². The molecule has 0 bridgehead atoms. The van der Waals surface area contributed by atoms with Gasteiger partial charge < -0.3 is 0 Å². The normalized spacial score (nSPS) is 12.5. The van der Waals surface area contributed by atoms with Crippen molar-refractivity contribution in [2.75, 3.05) is 6.54 Å². The Balaban J connectivity index is 2.78. The smallest absolute Gasteiger partial charge is 0.225 e. The highest BCUT2D eigenvalue weighted by Crippen LogP contribution is 2.14. The summed E-state index contributed by atoms with van der Waals surface area (Å²) in [6.45, 7) is 2.41. The Morgan fingerprint density at radius 3 is 2.30 bits per heavy atom. The lowest BCUT2D eigenvalue weighted by atomic mass is 10.2. The average molecular weight is 320 g/mol. The van der Waals surface area contributed by atoms with Crippen LogP contribution in [0.5, 0.6) is 0 Å². The Bertz CT molecular complexity index is 639.